The molecule has 6 heteroatoms. The second-order valence-corrected chi connectivity index (χ2v) is 6.29. The molecular weight excluding hydrogens is 342 g/mol. The molecule has 0 spiro atoms. The van der Waals surface area contributed by atoms with Crippen molar-refractivity contribution in [2.45, 2.75) is 19.9 Å². The first-order chi connectivity index (χ1) is 13.1. The number of carbonyl (C=O) groups excluding carboxylic acids is 1. The number of benzene rings is 2. The summed E-state index contributed by atoms with van der Waals surface area (Å²) in [5.41, 5.74) is 3.10. The molecule has 140 valence electrons. The van der Waals surface area contributed by atoms with Gasteiger partial charge in [0.15, 0.2) is 18.1 Å². The van der Waals surface area contributed by atoms with Crippen LogP contribution in [0, 0.1) is 6.92 Å². The number of methoxy groups -OCH3 is 1. The Hall–Kier alpha value is -3.28. The third-order valence-corrected chi connectivity index (χ3v) is 4.25. The van der Waals surface area contributed by atoms with E-state index in [0.717, 1.165) is 16.8 Å². The van der Waals surface area contributed by atoms with Crippen LogP contribution in [0.15, 0.2) is 61.2 Å². The maximum Gasteiger partial charge on any atom is 0.258 e. The van der Waals surface area contributed by atoms with Crippen molar-refractivity contribution < 1.29 is 14.3 Å². The van der Waals surface area contributed by atoms with Crippen LogP contribution in [-0.2, 0) is 4.79 Å². The fraction of sp³-hybridized carbons (Fsp3) is 0.238. The number of imidazole rings is 1. The lowest BCUT2D eigenvalue weighted by atomic mass is 10.1. The molecule has 3 aromatic rings. The predicted molar refractivity (Wildman–Crippen MR) is 103 cm³/mol. The van der Waals surface area contributed by atoms with Crippen LogP contribution < -0.4 is 14.8 Å². The molecule has 0 bridgehead atoms. The monoisotopic (exact) mass is 365 g/mol. The van der Waals surface area contributed by atoms with Crippen molar-refractivity contribution >= 4 is 5.91 Å². The second kappa shape index (κ2) is 8.40. The van der Waals surface area contributed by atoms with Gasteiger partial charge in [0.25, 0.3) is 5.91 Å². The molecule has 1 aromatic heterocycles. The molecule has 0 fully saturated rings. The molecule has 0 radical (unpaired) electrons. The number of nitrogens with one attached hydrogen (secondary N) is 1. The van der Waals surface area contributed by atoms with Crippen molar-refractivity contribution in [2.75, 3.05) is 13.7 Å². The zero-order valence-electron chi connectivity index (χ0n) is 15.7. The molecule has 3 rings (SSSR count). The van der Waals surface area contributed by atoms with E-state index in [1.165, 1.54) is 0 Å². The third-order valence-electron chi connectivity index (χ3n) is 4.25. The van der Waals surface area contributed by atoms with Crippen molar-refractivity contribution in [1.29, 1.82) is 0 Å². The van der Waals surface area contributed by atoms with Gasteiger partial charge in [0.2, 0.25) is 0 Å². The van der Waals surface area contributed by atoms with Gasteiger partial charge >= 0.3 is 0 Å². The van der Waals surface area contributed by atoms with Gasteiger partial charge in [-0.3, -0.25) is 4.79 Å². The van der Waals surface area contributed by atoms with Gasteiger partial charge in [-0.25, -0.2) is 4.98 Å². The molecule has 0 aliphatic carbocycles. The summed E-state index contributed by atoms with van der Waals surface area (Å²) in [5, 5.41) is 2.95. The largest absolute Gasteiger partial charge is 0.493 e. The standard InChI is InChI=1S/C21H23N3O3/c1-15-4-9-19(20(12-15)26-3)27-13-21(25)23-16(2)17-5-7-18(8-6-17)24-11-10-22-14-24/h4-12,14,16H,13H2,1-3H3,(H,23,25). The molecule has 0 aliphatic heterocycles. The molecular formula is C21H23N3O3. The van der Waals surface area contributed by atoms with Crippen molar-refractivity contribution in [1.82, 2.24) is 14.9 Å². The summed E-state index contributed by atoms with van der Waals surface area (Å²) in [6.07, 6.45) is 5.37. The van der Waals surface area contributed by atoms with Crippen LogP contribution in [0.2, 0.25) is 0 Å². The van der Waals surface area contributed by atoms with Crippen LogP contribution in [-0.4, -0.2) is 29.2 Å². The highest BCUT2D eigenvalue weighted by Gasteiger charge is 2.12. The van der Waals surface area contributed by atoms with E-state index in [1.807, 2.05) is 61.0 Å². The lowest BCUT2D eigenvalue weighted by Gasteiger charge is -2.16. The molecule has 1 N–H and O–H groups in total. The first kappa shape index (κ1) is 18.5. The summed E-state index contributed by atoms with van der Waals surface area (Å²) < 4.78 is 12.8. The Labute approximate surface area is 158 Å². The normalized spacial score (nSPS) is 11.7. The molecule has 0 aliphatic rings. The Kier molecular flexibility index (Phi) is 5.76. The maximum absolute atomic E-state index is 12.2. The summed E-state index contributed by atoms with van der Waals surface area (Å²) in [5.74, 6) is 0.977. The zero-order chi connectivity index (χ0) is 19.2. The molecule has 1 atom stereocenters. The highest BCUT2D eigenvalue weighted by Crippen LogP contribution is 2.27. The van der Waals surface area contributed by atoms with E-state index < -0.39 is 0 Å². The van der Waals surface area contributed by atoms with E-state index in [4.69, 9.17) is 9.47 Å². The predicted octanol–water partition coefficient (Wildman–Crippen LogP) is 3.45. The minimum atomic E-state index is -0.191. The van der Waals surface area contributed by atoms with Gasteiger partial charge in [-0.1, -0.05) is 18.2 Å². The smallest absolute Gasteiger partial charge is 0.258 e. The molecule has 1 amide bonds. The highest BCUT2D eigenvalue weighted by molar-refractivity contribution is 5.78. The van der Waals surface area contributed by atoms with Gasteiger partial charge in [0.05, 0.1) is 19.5 Å². The first-order valence-electron chi connectivity index (χ1n) is 8.72. The highest BCUT2D eigenvalue weighted by atomic mass is 16.5. The summed E-state index contributed by atoms with van der Waals surface area (Å²) in [6, 6.07) is 13.4. The Balaban J connectivity index is 1.56. The van der Waals surface area contributed by atoms with Gasteiger partial charge in [-0.2, -0.15) is 0 Å². The average Bonchev–Trinajstić information content (AvgIpc) is 3.21. The molecule has 6 nitrogen and oxygen atoms in total. The minimum absolute atomic E-state index is 0.0725. The summed E-state index contributed by atoms with van der Waals surface area (Å²) in [4.78, 5) is 16.3. The number of aromatic nitrogens is 2. The Morgan fingerprint density at radius 1 is 1.19 bits per heavy atom. The second-order valence-electron chi connectivity index (χ2n) is 6.29. The number of carbonyl (C=O) groups is 1. The fourth-order valence-electron chi connectivity index (χ4n) is 2.75. The molecule has 0 saturated carbocycles. The van der Waals surface area contributed by atoms with Gasteiger partial charge in [-0.15, -0.1) is 0 Å². The van der Waals surface area contributed by atoms with E-state index in [1.54, 1.807) is 25.7 Å². The average molecular weight is 365 g/mol. The number of hydrogen-bond donors (Lipinski definition) is 1. The lowest BCUT2D eigenvalue weighted by molar-refractivity contribution is -0.123. The topological polar surface area (TPSA) is 65.4 Å². The van der Waals surface area contributed by atoms with Gasteiger partial charge in [0.1, 0.15) is 0 Å². The van der Waals surface area contributed by atoms with E-state index in [9.17, 15) is 4.79 Å². The maximum atomic E-state index is 12.2. The van der Waals surface area contributed by atoms with Crippen molar-refractivity contribution in [3.63, 3.8) is 0 Å². The third kappa shape index (κ3) is 4.67. The number of rotatable bonds is 7. The van der Waals surface area contributed by atoms with Crippen LogP contribution in [0.1, 0.15) is 24.1 Å². The molecule has 1 unspecified atom stereocenters. The summed E-state index contributed by atoms with van der Waals surface area (Å²) >= 11 is 0. The number of ether oxygens (including phenoxy) is 2. The quantitative estimate of drug-likeness (QED) is 0.696. The first-order valence-corrected chi connectivity index (χ1v) is 8.72. The van der Waals surface area contributed by atoms with Crippen LogP contribution >= 0.6 is 0 Å². The molecule has 2 aromatic carbocycles. The molecule has 27 heavy (non-hydrogen) atoms. The number of amides is 1. The van der Waals surface area contributed by atoms with Crippen LogP contribution in [0.3, 0.4) is 0 Å². The van der Waals surface area contributed by atoms with Gasteiger partial charge in [0, 0.05) is 18.1 Å². The van der Waals surface area contributed by atoms with Crippen molar-refractivity contribution in [3.05, 3.63) is 72.3 Å². The van der Waals surface area contributed by atoms with Crippen LogP contribution in [0.4, 0.5) is 0 Å². The Morgan fingerprint density at radius 2 is 1.96 bits per heavy atom. The number of nitrogens with zero attached hydrogens (tertiary/aromatic N) is 2. The molecule has 0 saturated heterocycles. The fourth-order valence-corrected chi connectivity index (χ4v) is 2.75. The lowest BCUT2D eigenvalue weighted by Crippen LogP contribution is -2.31. The van der Waals surface area contributed by atoms with E-state index >= 15 is 0 Å². The van der Waals surface area contributed by atoms with Crippen molar-refractivity contribution in [3.8, 4) is 17.2 Å². The van der Waals surface area contributed by atoms with Crippen LogP contribution in [0.5, 0.6) is 11.5 Å². The van der Waals surface area contributed by atoms with Gasteiger partial charge < -0.3 is 19.4 Å². The van der Waals surface area contributed by atoms with E-state index in [2.05, 4.69) is 10.3 Å². The van der Waals surface area contributed by atoms with Crippen molar-refractivity contribution in [2.24, 2.45) is 0 Å². The Bertz CT molecular complexity index is 890. The Morgan fingerprint density at radius 3 is 2.63 bits per heavy atom. The summed E-state index contributed by atoms with van der Waals surface area (Å²) in [7, 11) is 1.58. The van der Waals surface area contributed by atoms with E-state index in [-0.39, 0.29) is 18.6 Å². The van der Waals surface area contributed by atoms with E-state index in [0.29, 0.717) is 11.5 Å². The summed E-state index contributed by atoms with van der Waals surface area (Å²) in [6.45, 7) is 3.84. The number of aryl methyl sites for hydroxylation is 1. The minimum Gasteiger partial charge on any atom is -0.493 e. The van der Waals surface area contributed by atoms with Crippen LogP contribution in [0.25, 0.3) is 5.69 Å². The number of hydrogen-bond acceptors (Lipinski definition) is 4. The SMILES string of the molecule is COc1cc(C)ccc1OCC(=O)NC(C)c1ccc(-n2ccnc2)cc1. The zero-order valence-corrected chi connectivity index (χ0v) is 15.7. The molecule has 1 heterocycles. The van der Waals surface area contributed by atoms with Gasteiger partial charge in [-0.05, 0) is 49.2 Å².